The van der Waals surface area contributed by atoms with Crippen molar-refractivity contribution in [1.82, 2.24) is 0 Å². The SMILES string of the molecule is COC(C(O)c1ccc2ccccc2c1)C(C)(C)C. The number of fused-ring (bicyclic) bond motifs is 1. The Morgan fingerprint density at radius 2 is 1.63 bits per heavy atom. The molecule has 0 saturated heterocycles. The van der Waals surface area contributed by atoms with Gasteiger partial charge in [0.15, 0.2) is 0 Å². The number of benzene rings is 2. The molecule has 0 aliphatic heterocycles. The van der Waals surface area contributed by atoms with Crippen LogP contribution in [0, 0.1) is 5.41 Å². The molecular formula is C17H22O2. The fraction of sp³-hybridized carbons (Fsp3) is 0.412. The lowest BCUT2D eigenvalue weighted by Crippen LogP contribution is -2.34. The topological polar surface area (TPSA) is 29.5 Å². The van der Waals surface area contributed by atoms with Crippen LogP contribution in [0.2, 0.25) is 0 Å². The highest BCUT2D eigenvalue weighted by atomic mass is 16.5. The molecule has 0 spiro atoms. The van der Waals surface area contributed by atoms with Crippen LogP contribution in [0.1, 0.15) is 32.4 Å². The van der Waals surface area contributed by atoms with Crippen LogP contribution in [0.15, 0.2) is 42.5 Å². The third kappa shape index (κ3) is 2.96. The van der Waals surface area contributed by atoms with Crippen molar-refractivity contribution in [3.8, 4) is 0 Å². The van der Waals surface area contributed by atoms with Gasteiger partial charge in [-0.05, 0) is 27.8 Å². The van der Waals surface area contributed by atoms with Crippen molar-refractivity contribution in [3.05, 3.63) is 48.0 Å². The average molecular weight is 258 g/mol. The molecule has 2 rings (SSSR count). The van der Waals surface area contributed by atoms with Gasteiger partial charge < -0.3 is 9.84 Å². The summed E-state index contributed by atoms with van der Waals surface area (Å²) >= 11 is 0. The number of methoxy groups -OCH3 is 1. The molecule has 2 atom stereocenters. The molecule has 0 bridgehead atoms. The Morgan fingerprint density at radius 1 is 1.00 bits per heavy atom. The summed E-state index contributed by atoms with van der Waals surface area (Å²) < 4.78 is 5.49. The Balaban J connectivity index is 2.38. The number of ether oxygens (including phenoxy) is 1. The Morgan fingerprint density at radius 3 is 2.21 bits per heavy atom. The minimum atomic E-state index is -0.616. The van der Waals surface area contributed by atoms with Crippen LogP contribution in [0.3, 0.4) is 0 Å². The zero-order valence-electron chi connectivity index (χ0n) is 12.1. The summed E-state index contributed by atoms with van der Waals surface area (Å²) in [4.78, 5) is 0. The van der Waals surface area contributed by atoms with Crippen LogP contribution in [-0.4, -0.2) is 18.3 Å². The molecular weight excluding hydrogens is 236 g/mol. The van der Waals surface area contributed by atoms with Gasteiger partial charge in [-0.25, -0.2) is 0 Å². The second kappa shape index (κ2) is 5.32. The fourth-order valence-corrected chi connectivity index (χ4v) is 2.52. The first kappa shape index (κ1) is 14.0. The Bertz CT molecular complexity index is 554. The summed E-state index contributed by atoms with van der Waals surface area (Å²) in [6.07, 6.45) is -0.844. The van der Waals surface area contributed by atoms with E-state index >= 15 is 0 Å². The highest BCUT2D eigenvalue weighted by Crippen LogP contribution is 2.33. The first-order valence-electron chi connectivity index (χ1n) is 6.63. The van der Waals surface area contributed by atoms with Crippen molar-refractivity contribution in [1.29, 1.82) is 0 Å². The van der Waals surface area contributed by atoms with E-state index in [0.29, 0.717) is 0 Å². The molecule has 2 aromatic rings. The lowest BCUT2D eigenvalue weighted by Gasteiger charge is -2.33. The molecule has 0 radical (unpaired) electrons. The summed E-state index contributed by atoms with van der Waals surface area (Å²) in [6.45, 7) is 6.22. The molecule has 0 aromatic heterocycles. The van der Waals surface area contributed by atoms with E-state index in [1.807, 2.05) is 30.3 Å². The molecule has 0 aliphatic carbocycles. The molecule has 2 heteroatoms. The molecule has 2 aromatic carbocycles. The van der Waals surface area contributed by atoms with Crippen molar-refractivity contribution >= 4 is 10.8 Å². The lowest BCUT2D eigenvalue weighted by molar-refractivity contribution is -0.0723. The van der Waals surface area contributed by atoms with Crippen molar-refractivity contribution < 1.29 is 9.84 Å². The third-order valence-corrected chi connectivity index (χ3v) is 3.51. The minimum Gasteiger partial charge on any atom is -0.386 e. The molecule has 0 amide bonds. The maximum Gasteiger partial charge on any atom is 0.106 e. The van der Waals surface area contributed by atoms with E-state index in [2.05, 4.69) is 32.9 Å². The standard InChI is InChI=1S/C17H22O2/c1-17(2,3)16(19-4)15(18)14-10-9-12-7-5-6-8-13(12)11-14/h5-11,15-16,18H,1-4H3. The summed E-state index contributed by atoms with van der Waals surface area (Å²) in [7, 11) is 1.65. The first-order valence-corrected chi connectivity index (χ1v) is 6.63. The first-order chi connectivity index (χ1) is 8.93. The van der Waals surface area contributed by atoms with Crippen LogP contribution < -0.4 is 0 Å². The molecule has 0 heterocycles. The van der Waals surface area contributed by atoms with E-state index < -0.39 is 6.10 Å². The smallest absolute Gasteiger partial charge is 0.106 e. The van der Waals surface area contributed by atoms with Gasteiger partial charge in [0.2, 0.25) is 0 Å². The summed E-state index contributed by atoms with van der Waals surface area (Å²) in [5.41, 5.74) is 0.792. The van der Waals surface area contributed by atoms with E-state index in [0.717, 1.165) is 10.9 Å². The molecule has 0 aliphatic rings. The third-order valence-electron chi connectivity index (χ3n) is 3.51. The van der Waals surface area contributed by atoms with E-state index in [-0.39, 0.29) is 11.5 Å². The van der Waals surface area contributed by atoms with E-state index in [1.165, 1.54) is 5.39 Å². The second-order valence-electron chi connectivity index (χ2n) is 6.07. The summed E-state index contributed by atoms with van der Waals surface area (Å²) in [5.74, 6) is 0. The van der Waals surface area contributed by atoms with Gasteiger partial charge in [0, 0.05) is 7.11 Å². The molecule has 2 unspecified atom stereocenters. The van der Waals surface area contributed by atoms with Gasteiger partial charge >= 0.3 is 0 Å². The highest BCUT2D eigenvalue weighted by Gasteiger charge is 2.32. The van der Waals surface area contributed by atoms with Gasteiger partial charge in [-0.15, -0.1) is 0 Å². The zero-order valence-corrected chi connectivity index (χ0v) is 12.1. The van der Waals surface area contributed by atoms with Crippen molar-refractivity contribution in [2.24, 2.45) is 5.41 Å². The van der Waals surface area contributed by atoms with Crippen molar-refractivity contribution in [3.63, 3.8) is 0 Å². The number of hydrogen-bond acceptors (Lipinski definition) is 2. The van der Waals surface area contributed by atoms with Crippen LogP contribution in [-0.2, 0) is 4.74 Å². The summed E-state index contributed by atoms with van der Waals surface area (Å²) in [5, 5.41) is 12.9. The fourth-order valence-electron chi connectivity index (χ4n) is 2.52. The van der Waals surface area contributed by atoms with E-state index in [9.17, 15) is 5.11 Å². The predicted octanol–water partition coefficient (Wildman–Crippen LogP) is 3.93. The molecule has 0 fully saturated rings. The number of aliphatic hydroxyl groups excluding tert-OH is 1. The van der Waals surface area contributed by atoms with Crippen molar-refractivity contribution in [2.45, 2.75) is 33.0 Å². The van der Waals surface area contributed by atoms with Crippen LogP contribution in [0.4, 0.5) is 0 Å². The number of aliphatic hydroxyl groups is 1. The summed E-state index contributed by atoms with van der Waals surface area (Å²) in [6, 6.07) is 14.2. The van der Waals surface area contributed by atoms with Crippen LogP contribution in [0.5, 0.6) is 0 Å². The largest absolute Gasteiger partial charge is 0.386 e. The Hall–Kier alpha value is -1.38. The van der Waals surface area contributed by atoms with Gasteiger partial charge in [0.05, 0.1) is 6.10 Å². The van der Waals surface area contributed by atoms with Crippen LogP contribution >= 0.6 is 0 Å². The normalized spacial score (nSPS) is 15.4. The second-order valence-corrected chi connectivity index (χ2v) is 6.07. The van der Waals surface area contributed by atoms with E-state index in [4.69, 9.17) is 4.74 Å². The maximum absolute atomic E-state index is 10.6. The van der Waals surface area contributed by atoms with E-state index in [1.54, 1.807) is 7.11 Å². The van der Waals surface area contributed by atoms with Gasteiger partial charge in [0.25, 0.3) is 0 Å². The van der Waals surface area contributed by atoms with Crippen molar-refractivity contribution in [2.75, 3.05) is 7.11 Å². The number of hydrogen-bond donors (Lipinski definition) is 1. The quantitative estimate of drug-likeness (QED) is 0.903. The average Bonchev–Trinajstić information content (AvgIpc) is 2.37. The molecule has 19 heavy (non-hydrogen) atoms. The molecule has 102 valence electrons. The lowest BCUT2D eigenvalue weighted by atomic mass is 9.83. The Kier molecular flexibility index (Phi) is 3.93. The Labute approximate surface area is 115 Å². The molecule has 1 N–H and O–H groups in total. The monoisotopic (exact) mass is 258 g/mol. The van der Waals surface area contributed by atoms with Gasteiger partial charge in [0.1, 0.15) is 6.10 Å². The van der Waals surface area contributed by atoms with Gasteiger partial charge in [-0.3, -0.25) is 0 Å². The van der Waals surface area contributed by atoms with Gasteiger partial charge in [-0.1, -0.05) is 57.2 Å². The minimum absolute atomic E-state index is 0.111. The maximum atomic E-state index is 10.6. The predicted molar refractivity (Wildman–Crippen MR) is 79.2 cm³/mol. The highest BCUT2D eigenvalue weighted by molar-refractivity contribution is 5.83. The van der Waals surface area contributed by atoms with Gasteiger partial charge in [-0.2, -0.15) is 0 Å². The van der Waals surface area contributed by atoms with Crippen LogP contribution in [0.25, 0.3) is 10.8 Å². The molecule has 0 saturated carbocycles. The number of rotatable bonds is 3. The zero-order chi connectivity index (χ0) is 14.0. The molecule has 2 nitrogen and oxygen atoms in total.